The fourth-order valence-corrected chi connectivity index (χ4v) is 3.55. The Kier molecular flexibility index (Phi) is 5.52. The Labute approximate surface area is 123 Å². The van der Waals surface area contributed by atoms with Crippen LogP contribution in [0.4, 0.5) is 0 Å². The minimum atomic E-state index is 0.0766. The van der Waals surface area contributed by atoms with Crippen molar-refractivity contribution in [2.24, 2.45) is 0 Å². The molecule has 1 fully saturated rings. The summed E-state index contributed by atoms with van der Waals surface area (Å²) in [6, 6.07) is 3.43. The molecule has 1 aromatic heterocycles. The number of carbonyl (C=O) groups is 1. The second-order valence-electron chi connectivity index (χ2n) is 4.69. The highest BCUT2D eigenvalue weighted by molar-refractivity contribution is 7.99. The van der Waals surface area contributed by atoms with Gasteiger partial charge in [0.15, 0.2) is 0 Å². The average molecular weight is 299 g/mol. The van der Waals surface area contributed by atoms with Crippen LogP contribution in [0.15, 0.2) is 18.3 Å². The van der Waals surface area contributed by atoms with Crippen LogP contribution < -0.4 is 0 Å². The minimum Gasteiger partial charge on any atom is -0.337 e. The third-order valence-corrected chi connectivity index (χ3v) is 4.71. The first-order valence-electron chi connectivity index (χ1n) is 6.73. The van der Waals surface area contributed by atoms with Crippen LogP contribution in [0.5, 0.6) is 0 Å². The molecule has 1 aliphatic heterocycles. The third kappa shape index (κ3) is 4.11. The van der Waals surface area contributed by atoms with E-state index in [9.17, 15) is 4.79 Å². The molecule has 0 radical (unpaired) electrons. The maximum Gasteiger partial charge on any atom is 0.255 e. The number of carbonyl (C=O) groups excluding carboxylic acids is 1. The topological polar surface area (TPSA) is 33.2 Å². The smallest absolute Gasteiger partial charge is 0.255 e. The molecule has 104 valence electrons. The quantitative estimate of drug-likeness (QED) is 0.801. The number of pyridine rings is 1. The lowest BCUT2D eigenvalue weighted by Crippen LogP contribution is -2.35. The molecule has 2 heterocycles. The number of nitrogens with zero attached hydrogens (tertiary/aromatic N) is 2. The molecule has 0 bridgehead atoms. The van der Waals surface area contributed by atoms with Crippen molar-refractivity contribution in [1.29, 1.82) is 0 Å². The first-order valence-corrected chi connectivity index (χ1v) is 8.16. The van der Waals surface area contributed by atoms with Gasteiger partial charge in [-0.2, -0.15) is 11.8 Å². The lowest BCUT2D eigenvalue weighted by molar-refractivity contribution is 0.0763. The van der Waals surface area contributed by atoms with Crippen molar-refractivity contribution in [3.05, 3.63) is 29.0 Å². The largest absolute Gasteiger partial charge is 0.337 e. The highest BCUT2D eigenvalue weighted by Gasteiger charge is 2.22. The first-order chi connectivity index (χ1) is 9.20. The number of halogens is 1. The first kappa shape index (κ1) is 14.7. The summed E-state index contributed by atoms with van der Waals surface area (Å²) in [5.41, 5.74) is 0.631. The van der Waals surface area contributed by atoms with E-state index in [4.69, 9.17) is 11.6 Å². The number of aromatic nitrogens is 1. The number of rotatable bonds is 3. The number of hydrogen-bond donors (Lipinski definition) is 0. The lowest BCUT2D eigenvalue weighted by atomic mass is 10.2. The summed E-state index contributed by atoms with van der Waals surface area (Å²) in [5, 5.41) is 0.989. The van der Waals surface area contributed by atoms with Crippen LogP contribution in [0, 0.1) is 0 Å². The van der Waals surface area contributed by atoms with E-state index in [1.165, 1.54) is 12.8 Å². The summed E-state index contributed by atoms with van der Waals surface area (Å²) in [5.74, 6) is 1.18. The molecule has 1 saturated heterocycles. The SMILES string of the molecule is CCS[C@H]1CCCCN(C(=O)c2ccc(Cl)nc2)C1. The Balaban J connectivity index is 2.06. The van der Waals surface area contributed by atoms with Gasteiger partial charge in [-0.25, -0.2) is 4.98 Å². The fraction of sp³-hybridized carbons (Fsp3) is 0.571. The van der Waals surface area contributed by atoms with E-state index >= 15 is 0 Å². The minimum absolute atomic E-state index is 0.0766. The Hall–Kier alpha value is -0.740. The predicted molar refractivity (Wildman–Crippen MR) is 80.9 cm³/mol. The van der Waals surface area contributed by atoms with Crippen molar-refractivity contribution in [2.75, 3.05) is 18.8 Å². The normalized spacial score (nSPS) is 20.1. The van der Waals surface area contributed by atoms with Crippen molar-refractivity contribution in [3.63, 3.8) is 0 Å². The van der Waals surface area contributed by atoms with Gasteiger partial charge in [0, 0.05) is 24.5 Å². The second kappa shape index (κ2) is 7.15. The molecule has 1 amide bonds. The monoisotopic (exact) mass is 298 g/mol. The van der Waals surface area contributed by atoms with Crippen molar-refractivity contribution < 1.29 is 4.79 Å². The highest BCUT2D eigenvalue weighted by Crippen LogP contribution is 2.23. The molecular formula is C14H19ClN2OS. The second-order valence-corrected chi connectivity index (χ2v) is 6.66. The van der Waals surface area contributed by atoms with Gasteiger partial charge in [0.05, 0.1) is 5.56 Å². The van der Waals surface area contributed by atoms with E-state index in [1.807, 2.05) is 16.7 Å². The van der Waals surface area contributed by atoms with Crippen LogP contribution in [0.2, 0.25) is 5.15 Å². The molecule has 2 rings (SSSR count). The molecule has 0 saturated carbocycles. The van der Waals surface area contributed by atoms with Gasteiger partial charge in [-0.3, -0.25) is 4.79 Å². The number of hydrogen-bond acceptors (Lipinski definition) is 3. The van der Waals surface area contributed by atoms with E-state index < -0.39 is 0 Å². The average Bonchev–Trinajstić information content (AvgIpc) is 2.65. The number of amides is 1. The number of thioether (sulfide) groups is 1. The molecule has 0 N–H and O–H groups in total. The standard InChI is InChI=1S/C14H19ClN2OS/c1-2-19-12-5-3-4-8-17(10-12)14(18)11-6-7-13(15)16-9-11/h6-7,9,12H,2-5,8,10H2,1H3/t12-/m0/s1. The summed E-state index contributed by atoms with van der Waals surface area (Å²) >= 11 is 7.71. The van der Waals surface area contributed by atoms with Crippen LogP contribution in [0.3, 0.4) is 0 Å². The van der Waals surface area contributed by atoms with Crippen molar-refractivity contribution >= 4 is 29.3 Å². The molecule has 19 heavy (non-hydrogen) atoms. The van der Waals surface area contributed by atoms with Gasteiger partial charge < -0.3 is 4.90 Å². The third-order valence-electron chi connectivity index (χ3n) is 3.29. The zero-order valence-electron chi connectivity index (χ0n) is 11.1. The molecule has 5 heteroatoms. The van der Waals surface area contributed by atoms with E-state index in [2.05, 4.69) is 11.9 Å². The molecule has 0 aliphatic carbocycles. The van der Waals surface area contributed by atoms with Gasteiger partial charge in [-0.05, 0) is 30.7 Å². The van der Waals surface area contributed by atoms with Gasteiger partial charge in [0.1, 0.15) is 5.15 Å². The molecule has 0 aromatic carbocycles. The zero-order valence-corrected chi connectivity index (χ0v) is 12.7. The Morgan fingerprint density at radius 2 is 2.37 bits per heavy atom. The van der Waals surface area contributed by atoms with Crippen LogP contribution in [0.1, 0.15) is 36.5 Å². The molecule has 1 atom stereocenters. The van der Waals surface area contributed by atoms with E-state index in [-0.39, 0.29) is 5.91 Å². The van der Waals surface area contributed by atoms with E-state index in [0.717, 1.165) is 25.3 Å². The van der Waals surface area contributed by atoms with Gasteiger partial charge in [-0.15, -0.1) is 0 Å². The van der Waals surface area contributed by atoms with Gasteiger partial charge in [-0.1, -0.05) is 24.9 Å². The van der Waals surface area contributed by atoms with Crippen molar-refractivity contribution in [2.45, 2.75) is 31.4 Å². The molecule has 1 aliphatic rings. The van der Waals surface area contributed by atoms with Crippen molar-refractivity contribution in [3.8, 4) is 0 Å². The Morgan fingerprint density at radius 1 is 1.53 bits per heavy atom. The van der Waals surface area contributed by atoms with E-state index in [1.54, 1.807) is 18.3 Å². The summed E-state index contributed by atoms with van der Waals surface area (Å²) < 4.78 is 0. The van der Waals surface area contributed by atoms with Gasteiger partial charge in [0.25, 0.3) is 5.91 Å². The van der Waals surface area contributed by atoms with E-state index in [0.29, 0.717) is 16.0 Å². The molecule has 0 unspecified atom stereocenters. The Morgan fingerprint density at radius 3 is 3.05 bits per heavy atom. The molecule has 3 nitrogen and oxygen atoms in total. The van der Waals surface area contributed by atoms with Crippen molar-refractivity contribution in [1.82, 2.24) is 9.88 Å². The molecular weight excluding hydrogens is 280 g/mol. The zero-order chi connectivity index (χ0) is 13.7. The van der Waals surface area contributed by atoms with Crippen LogP contribution in [0.25, 0.3) is 0 Å². The summed E-state index contributed by atoms with van der Waals surface area (Å²) in [6.07, 6.45) is 5.08. The molecule has 1 aromatic rings. The van der Waals surface area contributed by atoms with Gasteiger partial charge >= 0.3 is 0 Å². The van der Waals surface area contributed by atoms with Gasteiger partial charge in [0.2, 0.25) is 0 Å². The molecule has 0 spiro atoms. The van der Waals surface area contributed by atoms with Crippen LogP contribution in [-0.2, 0) is 0 Å². The predicted octanol–water partition coefficient (Wildman–Crippen LogP) is 3.48. The number of likely N-dealkylation sites (tertiary alicyclic amines) is 1. The lowest BCUT2D eigenvalue weighted by Gasteiger charge is -2.24. The summed E-state index contributed by atoms with van der Waals surface area (Å²) in [7, 11) is 0. The maximum absolute atomic E-state index is 12.4. The summed E-state index contributed by atoms with van der Waals surface area (Å²) in [6.45, 7) is 3.87. The highest BCUT2D eigenvalue weighted by atomic mass is 35.5. The maximum atomic E-state index is 12.4. The Bertz CT molecular complexity index is 424. The summed E-state index contributed by atoms with van der Waals surface area (Å²) in [4.78, 5) is 18.4. The van der Waals surface area contributed by atoms with Crippen LogP contribution in [-0.4, -0.2) is 39.9 Å². The fourth-order valence-electron chi connectivity index (χ4n) is 2.34. The van der Waals surface area contributed by atoms with Crippen LogP contribution >= 0.6 is 23.4 Å².